The number of hydrogen-bond donors (Lipinski definition) is 1. The summed E-state index contributed by atoms with van der Waals surface area (Å²) >= 11 is 6.44. The van der Waals surface area contributed by atoms with Gasteiger partial charge >= 0.3 is 0 Å². The van der Waals surface area contributed by atoms with Crippen molar-refractivity contribution in [2.75, 3.05) is 17.4 Å². The molecular weight excluding hydrogens is 522 g/mol. The number of likely N-dealkylation sites (N-methyl/N-ethyl adjacent to an activating group) is 1. The number of nitrogens with one attached hydrogen (secondary N) is 1. The standard InChI is InChI=1S/C29H34ClN3O4S/c1-5-26(29(35)31-6-2)32(19-23-12-8-7-11-22(23)4)28(34)20-33(27-14-10-9-13-25(27)30)38(36,37)24-17-15-21(3)16-18-24/h7-18,26H,5-6,19-20H2,1-4H3,(H,31,35). The molecule has 0 bridgehead atoms. The maximum atomic E-state index is 14.0. The Morgan fingerprint density at radius 1 is 0.921 bits per heavy atom. The molecule has 3 aromatic rings. The largest absolute Gasteiger partial charge is 0.355 e. The Kier molecular flexibility index (Phi) is 9.94. The molecule has 0 aromatic heterocycles. The Hall–Kier alpha value is -3.36. The second-order valence-corrected chi connectivity index (χ2v) is 11.3. The van der Waals surface area contributed by atoms with Crippen molar-refractivity contribution in [3.63, 3.8) is 0 Å². The summed E-state index contributed by atoms with van der Waals surface area (Å²) in [5.41, 5.74) is 2.92. The van der Waals surface area contributed by atoms with Gasteiger partial charge in [0, 0.05) is 13.1 Å². The van der Waals surface area contributed by atoms with E-state index in [0.29, 0.717) is 13.0 Å². The van der Waals surface area contributed by atoms with E-state index >= 15 is 0 Å². The fraction of sp³-hybridized carbons (Fsp3) is 0.310. The second-order valence-electron chi connectivity index (χ2n) is 9.04. The summed E-state index contributed by atoms with van der Waals surface area (Å²) in [7, 11) is -4.17. The van der Waals surface area contributed by atoms with E-state index < -0.39 is 28.5 Å². The highest BCUT2D eigenvalue weighted by molar-refractivity contribution is 7.92. The zero-order valence-electron chi connectivity index (χ0n) is 22.1. The highest BCUT2D eigenvalue weighted by atomic mass is 35.5. The molecule has 1 unspecified atom stereocenters. The van der Waals surface area contributed by atoms with Crippen molar-refractivity contribution in [2.45, 2.75) is 51.6 Å². The van der Waals surface area contributed by atoms with Crippen molar-refractivity contribution >= 4 is 39.1 Å². The number of para-hydroxylation sites is 1. The van der Waals surface area contributed by atoms with E-state index in [0.717, 1.165) is 21.0 Å². The van der Waals surface area contributed by atoms with Crippen molar-refractivity contribution in [1.29, 1.82) is 0 Å². The van der Waals surface area contributed by atoms with E-state index in [4.69, 9.17) is 11.6 Å². The van der Waals surface area contributed by atoms with Gasteiger partial charge < -0.3 is 10.2 Å². The Balaban J connectivity index is 2.08. The van der Waals surface area contributed by atoms with E-state index in [1.165, 1.54) is 17.0 Å². The minimum absolute atomic E-state index is 0.0389. The summed E-state index contributed by atoms with van der Waals surface area (Å²) in [5, 5.41) is 2.99. The zero-order valence-corrected chi connectivity index (χ0v) is 23.7. The first-order chi connectivity index (χ1) is 18.1. The predicted octanol–water partition coefficient (Wildman–Crippen LogP) is 5.10. The number of halogens is 1. The lowest BCUT2D eigenvalue weighted by Gasteiger charge is -2.33. The summed E-state index contributed by atoms with van der Waals surface area (Å²) in [5.74, 6) is -0.801. The van der Waals surface area contributed by atoms with Crippen LogP contribution in [0.2, 0.25) is 5.02 Å². The molecule has 0 aliphatic carbocycles. The van der Waals surface area contributed by atoms with Crippen LogP contribution in [0.15, 0.2) is 77.7 Å². The van der Waals surface area contributed by atoms with Crippen LogP contribution in [-0.4, -0.2) is 44.3 Å². The number of benzene rings is 3. The first-order valence-corrected chi connectivity index (χ1v) is 14.4. The molecule has 0 heterocycles. The van der Waals surface area contributed by atoms with Crippen LogP contribution in [0.5, 0.6) is 0 Å². The Morgan fingerprint density at radius 2 is 1.55 bits per heavy atom. The molecule has 7 nitrogen and oxygen atoms in total. The van der Waals surface area contributed by atoms with Crippen LogP contribution in [0.1, 0.15) is 37.0 Å². The maximum Gasteiger partial charge on any atom is 0.264 e. The van der Waals surface area contributed by atoms with E-state index in [1.54, 1.807) is 36.4 Å². The molecule has 2 amide bonds. The molecule has 0 saturated heterocycles. The molecule has 3 rings (SSSR count). The number of nitrogens with zero attached hydrogens (tertiary/aromatic N) is 2. The Labute approximate surface area is 230 Å². The zero-order chi connectivity index (χ0) is 27.9. The molecule has 0 radical (unpaired) electrons. The van der Waals surface area contributed by atoms with Gasteiger partial charge in [-0.1, -0.05) is 72.6 Å². The molecule has 1 N–H and O–H groups in total. The molecule has 202 valence electrons. The highest BCUT2D eigenvalue weighted by Crippen LogP contribution is 2.31. The second kappa shape index (κ2) is 12.9. The fourth-order valence-corrected chi connectivity index (χ4v) is 5.91. The van der Waals surface area contributed by atoms with Crippen LogP contribution in [-0.2, 0) is 26.2 Å². The molecule has 1 atom stereocenters. The minimum atomic E-state index is -4.17. The van der Waals surface area contributed by atoms with E-state index in [1.807, 2.05) is 52.0 Å². The van der Waals surface area contributed by atoms with Gasteiger partial charge in [0.05, 0.1) is 15.6 Å². The predicted molar refractivity (Wildman–Crippen MR) is 152 cm³/mol. The first-order valence-electron chi connectivity index (χ1n) is 12.6. The summed E-state index contributed by atoms with van der Waals surface area (Å²) < 4.78 is 28.7. The molecule has 38 heavy (non-hydrogen) atoms. The van der Waals surface area contributed by atoms with Gasteiger partial charge in [0.25, 0.3) is 10.0 Å². The lowest BCUT2D eigenvalue weighted by atomic mass is 10.1. The normalized spacial score (nSPS) is 12.0. The van der Waals surface area contributed by atoms with Crippen LogP contribution < -0.4 is 9.62 Å². The Bertz CT molecular complexity index is 1380. The molecule has 0 fully saturated rings. The minimum Gasteiger partial charge on any atom is -0.355 e. The number of anilines is 1. The summed E-state index contributed by atoms with van der Waals surface area (Å²) in [4.78, 5) is 28.5. The summed E-state index contributed by atoms with van der Waals surface area (Å²) in [6, 6.07) is 19.7. The third kappa shape index (κ3) is 6.74. The van der Waals surface area contributed by atoms with Gasteiger partial charge in [-0.2, -0.15) is 0 Å². The topological polar surface area (TPSA) is 86.8 Å². The van der Waals surface area contributed by atoms with E-state index in [-0.39, 0.29) is 28.1 Å². The van der Waals surface area contributed by atoms with Crippen molar-refractivity contribution in [3.05, 3.63) is 94.5 Å². The van der Waals surface area contributed by atoms with E-state index in [2.05, 4.69) is 5.32 Å². The summed E-state index contributed by atoms with van der Waals surface area (Å²) in [6.45, 7) is 7.47. The quantitative estimate of drug-likeness (QED) is 0.357. The number of aryl methyl sites for hydroxylation is 2. The van der Waals surface area contributed by atoms with Gasteiger partial charge in [-0.25, -0.2) is 8.42 Å². The van der Waals surface area contributed by atoms with Crippen molar-refractivity contribution in [3.8, 4) is 0 Å². The SMILES string of the molecule is CCNC(=O)C(CC)N(Cc1ccccc1C)C(=O)CN(c1ccccc1Cl)S(=O)(=O)c1ccc(C)cc1. The molecule has 0 spiro atoms. The monoisotopic (exact) mass is 555 g/mol. The van der Waals surface area contributed by atoms with Crippen molar-refractivity contribution in [1.82, 2.24) is 10.2 Å². The average molecular weight is 556 g/mol. The molecule has 0 aliphatic rings. The number of carbonyl (C=O) groups excluding carboxylic acids is 2. The molecular formula is C29H34ClN3O4S. The first kappa shape index (κ1) is 29.2. The average Bonchev–Trinajstić information content (AvgIpc) is 2.89. The van der Waals surface area contributed by atoms with Gasteiger partial charge in [0.1, 0.15) is 12.6 Å². The van der Waals surface area contributed by atoms with Gasteiger partial charge in [0.15, 0.2) is 0 Å². The molecule has 3 aromatic carbocycles. The van der Waals surface area contributed by atoms with Crippen LogP contribution >= 0.6 is 11.6 Å². The van der Waals surface area contributed by atoms with Crippen LogP contribution in [0, 0.1) is 13.8 Å². The van der Waals surface area contributed by atoms with E-state index in [9.17, 15) is 18.0 Å². The van der Waals surface area contributed by atoms with Crippen molar-refractivity contribution in [2.24, 2.45) is 0 Å². The van der Waals surface area contributed by atoms with Gasteiger partial charge in [-0.05, 0) is 62.6 Å². The molecule has 9 heteroatoms. The molecule has 0 aliphatic heterocycles. The lowest BCUT2D eigenvalue weighted by molar-refractivity contribution is -0.140. The van der Waals surface area contributed by atoms with Gasteiger partial charge in [0.2, 0.25) is 11.8 Å². The van der Waals surface area contributed by atoms with Crippen molar-refractivity contribution < 1.29 is 18.0 Å². The lowest BCUT2D eigenvalue weighted by Crippen LogP contribution is -2.52. The third-order valence-corrected chi connectivity index (χ3v) is 8.44. The van der Waals surface area contributed by atoms with Gasteiger partial charge in [-0.15, -0.1) is 0 Å². The Morgan fingerprint density at radius 3 is 2.16 bits per heavy atom. The maximum absolute atomic E-state index is 14.0. The van der Waals surface area contributed by atoms with Gasteiger partial charge in [-0.3, -0.25) is 13.9 Å². The molecule has 0 saturated carbocycles. The number of carbonyl (C=O) groups is 2. The summed E-state index contributed by atoms with van der Waals surface area (Å²) in [6.07, 6.45) is 0.361. The smallest absolute Gasteiger partial charge is 0.264 e. The van der Waals surface area contributed by atoms with Crippen LogP contribution in [0.3, 0.4) is 0 Å². The number of hydrogen-bond acceptors (Lipinski definition) is 4. The fourth-order valence-electron chi connectivity index (χ4n) is 4.19. The third-order valence-electron chi connectivity index (χ3n) is 6.35. The van der Waals surface area contributed by atoms with Crippen LogP contribution in [0.25, 0.3) is 0 Å². The highest BCUT2D eigenvalue weighted by Gasteiger charge is 2.34. The number of sulfonamides is 1. The number of amides is 2. The number of rotatable bonds is 11. The van der Waals surface area contributed by atoms with Crippen LogP contribution in [0.4, 0.5) is 5.69 Å².